The molecule has 0 aliphatic heterocycles. The highest BCUT2D eigenvalue weighted by atomic mass is 19.1. The molecule has 0 radical (unpaired) electrons. The van der Waals surface area contributed by atoms with E-state index in [0.29, 0.717) is 18.4 Å². The van der Waals surface area contributed by atoms with Crippen molar-refractivity contribution in [2.45, 2.75) is 38.1 Å². The van der Waals surface area contributed by atoms with Gasteiger partial charge in [-0.05, 0) is 38.0 Å². The second kappa shape index (κ2) is 4.32. The fraction of sp³-hybridized carbons (Fsp3) is 0.400. The summed E-state index contributed by atoms with van der Waals surface area (Å²) >= 11 is 0. The summed E-state index contributed by atoms with van der Waals surface area (Å²) in [6.45, 7) is 1.94. The molecule has 0 bridgehead atoms. The summed E-state index contributed by atoms with van der Waals surface area (Å²) < 4.78 is 14.3. The van der Waals surface area contributed by atoms with Crippen LogP contribution in [-0.4, -0.2) is 11.1 Å². The van der Waals surface area contributed by atoms with Crippen molar-refractivity contribution in [1.29, 1.82) is 0 Å². The van der Waals surface area contributed by atoms with Gasteiger partial charge in [0.25, 0.3) is 0 Å². The molecule has 3 nitrogen and oxygen atoms in total. The highest BCUT2D eigenvalue weighted by Gasteiger charge is 2.38. The molecule has 0 saturated heterocycles. The number of nitrogens with zero attached hydrogens (tertiary/aromatic N) is 1. The van der Waals surface area contributed by atoms with E-state index in [2.05, 4.69) is 9.98 Å². The average Bonchev–Trinajstić information content (AvgIpc) is 2.95. The van der Waals surface area contributed by atoms with Gasteiger partial charge in [0.1, 0.15) is 11.4 Å². The quantitative estimate of drug-likeness (QED) is 0.647. The average molecular weight is 258 g/mol. The molecule has 0 atom stereocenters. The molecule has 1 heterocycles. The van der Waals surface area contributed by atoms with Gasteiger partial charge in [0.05, 0.1) is 0 Å². The molecule has 1 aliphatic rings. The molecule has 1 saturated carbocycles. The molecule has 1 aromatic carbocycles. The lowest BCUT2D eigenvalue weighted by Crippen LogP contribution is -2.20. The van der Waals surface area contributed by atoms with Crippen LogP contribution in [0, 0.1) is 12.7 Å². The van der Waals surface area contributed by atoms with Gasteiger partial charge in [0, 0.05) is 22.2 Å². The third-order valence-corrected chi connectivity index (χ3v) is 4.03. The first-order valence-electron chi connectivity index (χ1n) is 6.53. The lowest BCUT2D eigenvalue weighted by atomic mass is 9.88. The fourth-order valence-corrected chi connectivity index (χ4v) is 3.14. The summed E-state index contributed by atoms with van der Waals surface area (Å²) in [5, 5.41) is 0.849. The summed E-state index contributed by atoms with van der Waals surface area (Å²) in [5.74, 6) is -0.285. The van der Waals surface area contributed by atoms with Crippen molar-refractivity contribution in [2.75, 3.05) is 0 Å². The van der Waals surface area contributed by atoms with Crippen molar-refractivity contribution < 1.29 is 9.18 Å². The van der Waals surface area contributed by atoms with Gasteiger partial charge in [-0.2, -0.15) is 4.99 Å². The normalized spacial score (nSPS) is 17.6. The zero-order chi connectivity index (χ0) is 13.5. The Morgan fingerprint density at radius 2 is 2.05 bits per heavy atom. The van der Waals surface area contributed by atoms with Crippen LogP contribution in [0.3, 0.4) is 0 Å². The van der Waals surface area contributed by atoms with Gasteiger partial charge in [-0.1, -0.05) is 12.8 Å². The first kappa shape index (κ1) is 12.1. The lowest BCUT2D eigenvalue weighted by Gasteiger charge is -2.23. The van der Waals surface area contributed by atoms with Crippen LogP contribution in [0.2, 0.25) is 0 Å². The third kappa shape index (κ3) is 1.89. The molecule has 3 rings (SSSR count). The van der Waals surface area contributed by atoms with Crippen molar-refractivity contribution in [3.8, 4) is 0 Å². The van der Waals surface area contributed by atoms with Crippen molar-refractivity contribution in [1.82, 2.24) is 4.98 Å². The standard InChI is InChI=1S/C15H15FN2O/c1-10-6-11-7-13(16)12(8-14(11)18-10)15(17-9-19)4-2-3-5-15/h6-8,18H,2-5H2,1H3. The number of isocyanates is 1. The number of carbonyl (C=O) groups excluding carboxylic acids is 1. The maximum absolute atomic E-state index is 14.3. The Morgan fingerprint density at radius 1 is 1.32 bits per heavy atom. The number of aromatic amines is 1. The van der Waals surface area contributed by atoms with E-state index in [4.69, 9.17) is 0 Å². The Bertz CT molecular complexity index is 677. The van der Waals surface area contributed by atoms with Gasteiger partial charge in [-0.15, -0.1) is 0 Å². The van der Waals surface area contributed by atoms with Crippen molar-refractivity contribution in [3.05, 3.63) is 35.3 Å². The molecule has 1 N–H and O–H groups in total. The summed E-state index contributed by atoms with van der Waals surface area (Å²) in [5.41, 5.74) is 1.69. The largest absolute Gasteiger partial charge is 0.359 e. The third-order valence-electron chi connectivity index (χ3n) is 4.03. The molecule has 0 spiro atoms. The Balaban J connectivity index is 2.22. The summed E-state index contributed by atoms with van der Waals surface area (Å²) in [6, 6.07) is 5.23. The van der Waals surface area contributed by atoms with Crippen LogP contribution in [0.4, 0.5) is 4.39 Å². The first-order chi connectivity index (χ1) is 9.14. The molecule has 0 unspecified atom stereocenters. The molecule has 2 aromatic rings. The number of rotatable bonds is 2. The number of H-pyrrole nitrogens is 1. The van der Waals surface area contributed by atoms with Gasteiger partial charge in [-0.25, -0.2) is 9.18 Å². The Kier molecular flexibility index (Phi) is 2.76. The van der Waals surface area contributed by atoms with E-state index in [1.54, 1.807) is 12.1 Å². The molecule has 1 fully saturated rings. The maximum atomic E-state index is 14.3. The second-order valence-electron chi connectivity index (χ2n) is 5.31. The molecule has 98 valence electrons. The number of aliphatic imine (C=N–C) groups is 1. The number of benzene rings is 1. The summed E-state index contributed by atoms with van der Waals surface area (Å²) in [6.07, 6.45) is 4.98. The Morgan fingerprint density at radius 3 is 2.74 bits per heavy atom. The van der Waals surface area contributed by atoms with Crippen LogP contribution >= 0.6 is 0 Å². The summed E-state index contributed by atoms with van der Waals surface area (Å²) in [7, 11) is 0. The van der Waals surface area contributed by atoms with Crippen LogP contribution in [0.5, 0.6) is 0 Å². The number of nitrogens with one attached hydrogen (secondary N) is 1. The van der Waals surface area contributed by atoms with Crippen LogP contribution in [0.15, 0.2) is 23.2 Å². The number of hydrogen-bond donors (Lipinski definition) is 1. The Labute approximate surface area is 110 Å². The lowest BCUT2D eigenvalue weighted by molar-refractivity contribution is 0.431. The molecule has 1 aromatic heterocycles. The predicted octanol–water partition coefficient (Wildman–Crippen LogP) is 3.72. The van der Waals surface area contributed by atoms with Crippen LogP contribution in [-0.2, 0) is 10.3 Å². The van der Waals surface area contributed by atoms with Gasteiger partial charge in [-0.3, -0.25) is 0 Å². The second-order valence-corrected chi connectivity index (χ2v) is 5.31. The minimum atomic E-state index is -0.709. The number of aryl methyl sites for hydroxylation is 1. The van der Waals surface area contributed by atoms with Gasteiger partial charge in [0.15, 0.2) is 0 Å². The van der Waals surface area contributed by atoms with E-state index in [9.17, 15) is 9.18 Å². The Hall–Kier alpha value is -1.93. The highest BCUT2D eigenvalue weighted by molar-refractivity contribution is 5.81. The van der Waals surface area contributed by atoms with Crippen LogP contribution in [0.1, 0.15) is 36.9 Å². The zero-order valence-electron chi connectivity index (χ0n) is 10.8. The summed E-state index contributed by atoms with van der Waals surface area (Å²) in [4.78, 5) is 17.8. The first-order valence-corrected chi connectivity index (χ1v) is 6.53. The van der Waals surface area contributed by atoms with Crippen LogP contribution in [0.25, 0.3) is 10.9 Å². The smallest absolute Gasteiger partial charge is 0.235 e. The monoisotopic (exact) mass is 258 g/mol. The van der Waals surface area contributed by atoms with Gasteiger partial charge >= 0.3 is 0 Å². The van der Waals surface area contributed by atoms with Crippen LogP contribution < -0.4 is 0 Å². The molecular formula is C15H15FN2O. The van der Waals surface area contributed by atoms with E-state index >= 15 is 0 Å². The minimum absolute atomic E-state index is 0.285. The number of hydrogen-bond acceptors (Lipinski definition) is 2. The van der Waals surface area contributed by atoms with E-state index in [0.717, 1.165) is 29.4 Å². The number of halogens is 1. The predicted molar refractivity (Wildman–Crippen MR) is 71.3 cm³/mol. The van der Waals surface area contributed by atoms with E-state index in [1.807, 2.05) is 13.0 Å². The molecule has 1 aliphatic carbocycles. The topological polar surface area (TPSA) is 45.2 Å². The van der Waals surface area contributed by atoms with Crippen molar-refractivity contribution in [2.24, 2.45) is 4.99 Å². The molecule has 19 heavy (non-hydrogen) atoms. The number of aromatic nitrogens is 1. The molecule has 0 amide bonds. The fourth-order valence-electron chi connectivity index (χ4n) is 3.14. The molecule has 4 heteroatoms. The SMILES string of the molecule is Cc1cc2cc(F)c(C3(N=C=O)CCCC3)cc2[nH]1. The minimum Gasteiger partial charge on any atom is -0.359 e. The molecular weight excluding hydrogens is 243 g/mol. The highest BCUT2D eigenvalue weighted by Crippen LogP contribution is 2.43. The maximum Gasteiger partial charge on any atom is 0.235 e. The van der Waals surface area contributed by atoms with Crippen molar-refractivity contribution >= 4 is 17.0 Å². The van der Waals surface area contributed by atoms with Gasteiger partial charge in [0.2, 0.25) is 6.08 Å². The van der Waals surface area contributed by atoms with E-state index in [1.165, 1.54) is 6.07 Å². The van der Waals surface area contributed by atoms with Crippen molar-refractivity contribution in [3.63, 3.8) is 0 Å². The zero-order valence-corrected chi connectivity index (χ0v) is 10.8. The van der Waals surface area contributed by atoms with Gasteiger partial charge < -0.3 is 4.98 Å². The van der Waals surface area contributed by atoms with E-state index < -0.39 is 5.54 Å². The number of fused-ring (bicyclic) bond motifs is 1. The van der Waals surface area contributed by atoms with E-state index in [-0.39, 0.29) is 5.82 Å².